The van der Waals surface area contributed by atoms with Crippen LogP contribution in [-0.4, -0.2) is 11.5 Å². The molecule has 0 saturated carbocycles. The van der Waals surface area contributed by atoms with Crippen LogP contribution < -0.4 is 5.32 Å². The van der Waals surface area contributed by atoms with Crippen LogP contribution in [0.5, 0.6) is 0 Å². The quantitative estimate of drug-likeness (QED) is 0.882. The number of aromatic nitrogens is 1. The van der Waals surface area contributed by atoms with Crippen LogP contribution in [0.3, 0.4) is 0 Å². The highest BCUT2D eigenvalue weighted by Crippen LogP contribution is 2.29. The van der Waals surface area contributed by atoms with Crippen molar-refractivity contribution < 1.29 is 8.83 Å². The summed E-state index contributed by atoms with van der Waals surface area (Å²) in [4.78, 5) is 4.27. The highest BCUT2D eigenvalue weighted by molar-refractivity contribution is 5.62. The molecule has 0 aliphatic heterocycles. The van der Waals surface area contributed by atoms with Crippen molar-refractivity contribution in [3.63, 3.8) is 0 Å². The van der Waals surface area contributed by atoms with Gasteiger partial charge in [0, 0.05) is 6.54 Å². The van der Waals surface area contributed by atoms with Gasteiger partial charge in [0.25, 0.3) is 0 Å². The molecule has 0 aliphatic rings. The fourth-order valence-electron chi connectivity index (χ4n) is 1.95. The lowest BCUT2D eigenvalue weighted by Gasteiger charge is -2.06. The van der Waals surface area contributed by atoms with Gasteiger partial charge < -0.3 is 14.2 Å². The van der Waals surface area contributed by atoms with E-state index in [1.165, 1.54) is 6.39 Å². The van der Waals surface area contributed by atoms with E-state index in [1.54, 1.807) is 0 Å². The summed E-state index contributed by atoms with van der Waals surface area (Å²) in [6.45, 7) is 9.92. The summed E-state index contributed by atoms with van der Waals surface area (Å²) in [5.41, 5.74) is 1.92. The highest BCUT2D eigenvalue weighted by atomic mass is 16.4. The van der Waals surface area contributed by atoms with E-state index in [4.69, 9.17) is 8.83 Å². The summed E-state index contributed by atoms with van der Waals surface area (Å²) in [6, 6.07) is 1.99. The lowest BCUT2D eigenvalue weighted by Crippen LogP contribution is -2.19. The Bertz CT molecular complexity index is 512. The van der Waals surface area contributed by atoms with Crippen LogP contribution in [0, 0.1) is 19.8 Å². The van der Waals surface area contributed by atoms with Crippen molar-refractivity contribution >= 4 is 0 Å². The van der Waals surface area contributed by atoms with Crippen molar-refractivity contribution in [1.29, 1.82) is 0 Å². The molecule has 0 unspecified atom stereocenters. The van der Waals surface area contributed by atoms with Crippen LogP contribution in [0.2, 0.25) is 0 Å². The van der Waals surface area contributed by atoms with Gasteiger partial charge in [-0.3, -0.25) is 0 Å². The number of aryl methyl sites for hydroxylation is 2. The molecule has 4 heteroatoms. The summed E-state index contributed by atoms with van der Waals surface area (Å²) in [6.07, 6.45) is 1.49. The van der Waals surface area contributed by atoms with Crippen LogP contribution >= 0.6 is 0 Å². The fraction of sp³-hybridized carbons (Fsp3) is 0.500. The maximum Gasteiger partial charge on any atom is 0.181 e. The standard InChI is InChI=1S/C14H20N2O2/c1-9(2)6-15-7-13-14(17-8-16-13)12-5-10(3)18-11(12)4/h5,8-9,15H,6-7H2,1-4H3. The molecule has 0 fully saturated rings. The Kier molecular flexibility index (Phi) is 3.87. The third kappa shape index (κ3) is 2.82. The number of hydrogen-bond acceptors (Lipinski definition) is 4. The van der Waals surface area contributed by atoms with Gasteiger partial charge in [-0.2, -0.15) is 0 Å². The minimum atomic E-state index is 0.623. The lowest BCUT2D eigenvalue weighted by atomic mass is 10.1. The van der Waals surface area contributed by atoms with Crippen LogP contribution in [0.25, 0.3) is 11.3 Å². The van der Waals surface area contributed by atoms with E-state index < -0.39 is 0 Å². The molecule has 0 saturated heterocycles. The van der Waals surface area contributed by atoms with Gasteiger partial charge in [-0.1, -0.05) is 13.8 Å². The van der Waals surface area contributed by atoms with E-state index in [-0.39, 0.29) is 0 Å². The Balaban J connectivity index is 2.15. The molecule has 4 nitrogen and oxygen atoms in total. The molecule has 2 aromatic rings. The first kappa shape index (κ1) is 12.9. The molecule has 98 valence electrons. The molecule has 0 atom stereocenters. The minimum absolute atomic E-state index is 0.623. The molecule has 0 aromatic carbocycles. The van der Waals surface area contributed by atoms with Crippen molar-refractivity contribution in [2.75, 3.05) is 6.54 Å². The molecule has 0 spiro atoms. The maximum atomic E-state index is 5.53. The lowest BCUT2D eigenvalue weighted by molar-refractivity contribution is 0.502. The molecular formula is C14H20N2O2. The largest absolute Gasteiger partial charge is 0.466 e. The second kappa shape index (κ2) is 5.40. The van der Waals surface area contributed by atoms with Gasteiger partial charge in [0.2, 0.25) is 0 Å². The van der Waals surface area contributed by atoms with E-state index in [2.05, 4.69) is 24.1 Å². The zero-order chi connectivity index (χ0) is 13.1. The monoisotopic (exact) mass is 248 g/mol. The molecule has 2 heterocycles. The van der Waals surface area contributed by atoms with Gasteiger partial charge in [0.1, 0.15) is 17.2 Å². The molecule has 2 aromatic heterocycles. The second-order valence-electron chi connectivity index (χ2n) is 4.98. The Labute approximate surface area is 107 Å². The summed E-state index contributed by atoms with van der Waals surface area (Å²) in [7, 11) is 0. The number of nitrogens with zero attached hydrogens (tertiary/aromatic N) is 1. The fourth-order valence-corrected chi connectivity index (χ4v) is 1.95. The van der Waals surface area contributed by atoms with Crippen molar-refractivity contribution in [2.24, 2.45) is 5.92 Å². The van der Waals surface area contributed by atoms with Gasteiger partial charge in [-0.25, -0.2) is 4.98 Å². The van der Waals surface area contributed by atoms with Crippen molar-refractivity contribution in [3.8, 4) is 11.3 Å². The first-order valence-corrected chi connectivity index (χ1v) is 6.28. The van der Waals surface area contributed by atoms with Crippen molar-refractivity contribution in [2.45, 2.75) is 34.2 Å². The number of hydrogen-bond donors (Lipinski definition) is 1. The zero-order valence-corrected chi connectivity index (χ0v) is 11.4. The molecule has 18 heavy (non-hydrogen) atoms. The third-order valence-electron chi connectivity index (χ3n) is 2.77. The predicted octanol–water partition coefficient (Wildman–Crippen LogP) is 3.30. The van der Waals surface area contributed by atoms with Gasteiger partial charge >= 0.3 is 0 Å². The molecule has 0 aliphatic carbocycles. The predicted molar refractivity (Wildman–Crippen MR) is 70.2 cm³/mol. The van der Waals surface area contributed by atoms with Gasteiger partial charge in [-0.15, -0.1) is 0 Å². The van der Waals surface area contributed by atoms with E-state index in [0.717, 1.165) is 35.1 Å². The van der Waals surface area contributed by atoms with E-state index in [9.17, 15) is 0 Å². The SMILES string of the molecule is Cc1cc(-c2ocnc2CNCC(C)C)c(C)o1. The van der Waals surface area contributed by atoms with Crippen molar-refractivity contribution in [1.82, 2.24) is 10.3 Å². The van der Waals surface area contributed by atoms with Crippen molar-refractivity contribution in [3.05, 3.63) is 29.7 Å². The number of rotatable bonds is 5. The molecule has 0 bridgehead atoms. The highest BCUT2D eigenvalue weighted by Gasteiger charge is 2.15. The maximum absolute atomic E-state index is 5.53. The Morgan fingerprint density at radius 3 is 2.72 bits per heavy atom. The summed E-state index contributed by atoms with van der Waals surface area (Å²) < 4.78 is 11.0. The van der Waals surface area contributed by atoms with E-state index >= 15 is 0 Å². The number of furan rings is 1. The zero-order valence-electron chi connectivity index (χ0n) is 11.4. The average Bonchev–Trinajstić information content (AvgIpc) is 2.84. The Morgan fingerprint density at radius 2 is 2.11 bits per heavy atom. The Hall–Kier alpha value is -1.55. The number of nitrogens with one attached hydrogen (secondary N) is 1. The summed E-state index contributed by atoms with van der Waals surface area (Å²) >= 11 is 0. The normalized spacial score (nSPS) is 11.4. The first-order valence-electron chi connectivity index (χ1n) is 6.28. The molecular weight excluding hydrogens is 228 g/mol. The second-order valence-corrected chi connectivity index (χ2v) is 4.98. The van der Waals surface area contributed by atoms with Crippen LogP contribution in [0.15, 0.2) is 21.3 Å². The number of oxazole rings is 1. The molecule has 1 N–H and O–H groups in total. The minimum Gasteiger partial charge on any atom is -0.466 e. The molecule has 0 radical (unpaired) electrons. The van der Waals surface area contributed by atoms with Gasteiger partial charge in [0.05, 0.1) is 5.56 Å². The molecule has 2 rings (SSSR count). The van der Waals surface area contributed by atoms with Gasteiger partial charge in [-0.05, 0) is 32.4 Å². The first-order chi connectivity index (χ1) is 8.58. The molecule has 0 amide bonds. The summed E-state index contributed by atoms with van der Waals surface area (Å²) in [5, 5.41) is 3.37. The van der Waals surface area contributed by atoms with Crippen LogP contribution in [0.1, 0.15) is 31.1 Å². The Morgan fingerprint density at radius 1 is 1.33 bits per heavy atom. The average molecular weight is 248 g/mol. The van der Waals surface area contributed by atoms with E-state index in [1.807, 2.05) is 19.9 Å². The third-order valence-corrected chi connectivity index (χ3v) is 2.77. The van der Waals surface area contributed by atoms with Gasteiger partial charge in [0.15, 0.2) is 12.2 Å². The van der Waals surface area contributed by atoms with E-state index in [0.29, 0.717) is 12.5 Å². The van der Waals surface area contributed by atoms with Crippen LogP contribution in [-0.2, 0) is 6.54 Å². The summed E-state index contributed by atoms with van der Waals surface area (Å²) in [5.74, 6) is 3.19. The topological polar surface area (TPSA) is 51.2 Å². The van der Waals surface area contributed by atoms with Crippen LogP contribution in [0.4, 0.5) is 0 Å². The smallest absolute Gasteiger partial charge is 0.181 e.